The standard InChI is InChI=1S/C24H19N3O2/c28-23-16-10-4-5-11-17(16)27-24(29)22(23)21-14-20(15-8-2-1-3-9-15)25-18-12-6-7-13-19(18)26-21/h1-13,20,25H,14H2,(H2,27,28,29). The van der Waals surface area contributed by atoms with Crippen LogP contribution < -0.4 is 10.9 Å². The number of para-hydroxylation sites is 3. The van der Waals surface area contributed by atoms with E-state index in [-0.39, 0.29) is 22.9 Å². The van der Waals surface area contributed by atoms with Crippen LogP contribution in [0.2, 0.25) is 0 Å². The number of hydrogen-bond acceptors (Lipinski definition) is 4. The Hall–Kier alpha value is -3.86. The summed E-state index contributed by atoms with van der Waals surface area (Å²) >= 11 is 0. The van der Waals surface area contributed by atoms with Crippen LogP contribution in [0.1, 0.15) is 23.6 Å². The number of H-pyrrole nitrogens is 1. The summed E-state index contributed by atoms with van der Waals surface area (Å²) in [7, 11) is 0. The van der Waals surface area contributed by atoms with E-state index in [0.717, 1.165) is 16.9 Å². The van der Waals surface area contributed by atoms with Crippen LogP contribution in [0, 0.1) is 0 Å². The minimum absolute atomic E-state index is 0.0331. The summed E-state index contributed by atoms with van der Waals surface area (Å²) < 4.78 is 0. The zero-order chi connectivity index (χ0) is 19.8. The topological polar surface area (TPSA) is 77.5 Å². The normalized spacial score (nSPS) is 15.9. The lowest BCUT2D eigenvalue weighted by Crippen LogP contribution is -2.21. The molecule has 1 atom stereocenters. The van der Waals surface area contributed by atoms with Crippen molar-refractivity contribution in [3.8, 4) is 5.75 Å². The molecule has 0 bridgehead atoms. The van der Waals surface area contributed by atoms with Crippen LogP contribution in [0.4, 0.5) is 11.4 Å². The van der Waals surface area contributed by atoms with Crippen molar-refractivity contribution in [2.75, 3.05) is 5.32 Å². The molecular formula is C24H19N3O2. The van der Waals surface area contributed by atoms with Crippen LogP contribution in [0.3, 0.4) is 0 Å². The third kappa shape index (κ3) is 3.06. The zero-order valence-electron chi connectivity index (χ0n) is 15.6. The molecule has 0 amide bonds. The summed E-state index contributed by atoms with van der Waals surface area (Å²) in [6.07, 6.45) is 0.466. The first-order valence-electron chi connectivity index (χ1n) is 9.53. The summed E-state index contributed by atoms with van der Waals surface area (Å²) in [6, 6.07) is 25.0. The van der Waals surface area contributed by atoms with E-state index in [0.29, 0.717) is 23.0 Å². The van der Waals surface area contributed by atoms with Crippen molar-refractivity contribution in [2.24, 2.45) is 4.99 Å². The van der Waals surface area contributed by atoms with E-state index in [4.69, 9.17) is 4.99 Å². The highest BCUT2D eigenvalue weighted by molar-refractivity contribution is 6.08. The number of fused-ring (bicyclic) bond motifs is 2. The second-order valence-corrected chi connectivity index (χ2v) is 7.11. The van der Waals surface area contributed by atoms with Gasteiger partial charge in [-0.1, -0.05) is 54.6 Å². The van der Waals surface area contributed by atoms with Crippen LogP contribution in [0.5, 0.6) is 5.75 Å². The maximum Gasteiger partial charge on any atom is 0.261 e. The van der Waals surface area contributed by atoms with Gasteiger partial charge in [-0.3, -0.25) is 9.79 Å². The molecule has 0 saturated carbocycles. The summed E-state index contributed by atoms with van der Waals surface area (Å²) in [5, 5.41) is 15.1. The maximum absolute atomic E-state index is 12.9. The Kier molecular flexibility index (Phi) is 4.13. The highest BCUT2D eigenvalue weighted by atomic mass is 16.3. The number of aromatic nitrogens is 1. The van der Waals surface area contributed by atoms with Crippen molar-refractivity contribution < 1.29 is 5.11 Å². The van der Waals surface area contributed by atoms with Crippen molar-refractivity contribution in [1.29, 1.82) is 0 Å². The van der Waals surface area contributed by atoms with Gasteiger partial charge < -0.3 is 15.4 Å². The molecule has 2 heterocycles. The molecule has 0 spiro atoms. The molecule has 29 heavy (non-hydrogen) atoms. The number of aromatic hydroxyl groups is 1. The van der Waals surface area contributed by atoms with Crippen molar-refractivity contribution in [3.63, 3.8) is 0 Å². The van der Waals surface area contributed by atoms with Crippen molar-refractivity contribution in [3.05, 3.63) is 100 Å². The van der Waals surface area contributed by atoms with Crippen LogP contribution >= 0.6 is 0 Å². The molecule has 5 rings (SSSR count). The summed E-state index contributed by atoms with van der Waals surface area (Å²) in [6.45, 7) is 0. The first kappa shape index (κ1) is 17.3. The molecule has 1 aromatic heterocycles. The first-order chi connectivity index (χ1) is 14.2. The molecule has 0 aliphatic carbocycles. The second-order valence-electron chi connectivity index (χ2n) is 7.11. The maximum atomic E-state index is 12.9. The summed E-state index contributed by atoms with van der Waals surface area (Å²) in [5.41, 5.74) is 3.77. The molecule has 0 saturated heterocycles. The van der Waals surface area contributed by atoms with Gasteiger partial charge in [0.05, 0.1) is 28.6 Å². The van der Waals surface area contributed by atoms with E-state index in [2.05, 4.69) is 10.3 Å². The molecule has 0 radical (unpaired) electrons. The Morgan fingerprint density at radius 3 is 2.48 bits per heavy atom. The fourth-order valence-corrected chi connectivity index (χ4v) is 3.85. The van der Waals surface area contributed by atoms with E-state index < -0.39 is 0 Å². The van der Waals surface area contributed by atoms with E-state index in [1.807, 2.05) is 66.7 Å². The molecule has 142 valence electrons. The average Bonchev–Trinajstić information content (AvgIpc) is 2.94. The van der Waals surface area contributed by atoms with Crippen LogP contribution in [0.25, 0.3) is 10.9 Å². The highest BCUT2D eigenvalue weighted by Crippen LogP contribution is 2.36. The number of nitrogens with zero attached hydrogens (tertiary/aromatic N) is 1. The monoisotopic (exact) mass is 381 g/mol. The van der Waals surface area contributed by atoms with Gasteiger partial charge in [-0.05, 0) is 29.8 Å². The average molecular weight is 381 g/mol. The number of aromatic amines is 1. The Labute approximate surface area is 167 Å². The number of rotatable bonds is 2. The second kappa shape index (κ2) is 6.95. The van der Waals surface area contributed by atoms with Gasteiger partial charge in [0.15, 0.2) is 0 Å². The smallest absolute Gasteiger partial charge is 0.261 e. The third-order valence-corrected chi connectivity index (χ3v) is 5.27. The van der Waals surface area contributed by atoms with Gasteiger partial charge in [0.1, 0.15) is 11.3 Å². The van der Waals surface area contributed by atoms with E-state index in [1.165, 1.54) is 0 Å². The Balaban J connectivity index is 1.72. The van der Waals surface area contributed by atoms with E-state index in [1.54, 1.807) is 12.1 Å². The minimum Gasteiger partial charge on any atom is -0.506 e. The number of hydrogen-bond donors (Lipinski definition) is 3. The van der Waals surface area contributed by atoms with Gasteiger partial charge in [-0.25, -0.2) is 0 Å². The number of pyridine rings is 1. The largest absolute Gasteiger partial charge is 0.506 e. The molecule has 1 aliphatic rings. The fourth-order valence-electron chi connectivity index (χ4n) is 3.85. The van der Waals surface area contributed by atoms with Crippen molar-refractivity contribution in [1.82, 2.24) is 4.98 Å². The quantitative estimate of drug-likeness (QED) is 0.462. The van der Waals surface area contributed by atoms with Gasteiger partial charge in [0, 0.05) is 11.8 Å². The zero-order valence-corrected chi connectivity index (χ0v) is 15.6. The number of anilines is 1. The molecule has 3 aromatic carbocycles. The van der Waals surface area contributed by atoms with Crippen molar-refractivity contribution >= 4 is 28.0 Å². The van der Waals surface area contributed by atoms with Crippen LogP contribution in [0.15, 0.2) is 88.6 Å². The van der Waals surface area contributed by atoms with Gasteiger partial charge >= 0.3 is 0 Å². The summed E-state index contributed by atoms with van der Waals surface area (Å²) in [5.74, 6) is -0.0331. The predicted octanol–water partition coefficient (Wildman–Crippen LogP) is 4.91. The minimum atomic E-state index is -0.342. The lowest BCUT2D eigenvalue weighted by atomic mass is 9.96. The van der Waals surface area contributed by atoms with Gasteiger partial charge in [-0.15, -0.1) is 0 Å². The molecule has 5 heteroatoms. The number of aliphatic imine (C=N–C) groups is 1. The molecular weight excluding hydrogens is 362 g/mol. The Morgan fingerprint density at radius 2 is 1.62 bits per heavy atom. The van der Waals surface area contributed by atoms with E-state index >= 15 is 0 Å². The summed E-state index contributed by atoms with van der Waals surface area (Å²) in [4.78, 5) is 20.6. The lowest BCUT2D eigenvalue weighted by Gasteiger charge is -2.19. The molecule has 1 aliphatic heterocycles. The highest BCUT2D eigenvalue weighted by Gasteiger charge is 2.25. The Morgan fingerprint density at radius 1 is 0.897 bits per heavy atom. The molecule has 4 aromatic rings. The van der Waals surface area contributed by atoms with Gasteiger partial charge in [-0.2, -0.15) is 0 Å². The Bertz CT molecular complexity index is 1290. The SMILES string of the molecule is O=c1[nH]c2ccccc2c(O)c1C1=Nc2ccccc2NC(c2ccccc2)C1. The van der Waals surface area contributed by atoms with Crippen LogP contribution in [-0.2, 0) is 0 Å². The molecule has 5 nitrogen and oxygen atoms in total. The third-order valence-electron chi connectivity index (χ3n) is 5.27. The number of nitrogens with one attached hydrogen (secondary N) is 2. The van der Waals surface area contributed by atoms with Gasteiger partial charge in [0.25, 0.3) is 5.56 Å². The van der Waals surface area contributed by atoms with Gasteiger partial charge in [0.2, 0.25) is 0 Å². The van der Waals surface area contributed by atoms with E-state index in [9.17, 15) is 9.90 Å². The van der Waals surface area contributed by atoms with Crippen LogP contribution in [-0.4, -0.2) is 15.8 Å². The predicted molar refractivity (Wildman–Crippen MR) is 116 cm³/mol. The number of benzene rings is 3. The van der Waals surface area contributed by atoms with Crippen molar-refractivity contribution in [2.45, 2.75) is 12.5 Å². The molecule has 1 unspecified atom stereocenters. The first-order valence-corrected chi connectivity index (χ1v) is 9.53. The molecule has 3 N–H and O–H groups in total. The molecule has 0 fully saturated rings. The lowest BCUT2D eigenvalue weighted by molar-refractivity contribution is 0.479. The fraction of sp³-hybridized carbons (Fsp3) is 0.0833.